The van der Waals surface area contributed by atoms with E-state index in [9.17, 15) is 14.7 Å². The summed E-state index contributed by atoms with van der Waals surface area (Å²) >= 11 is 5.61. The summed E-state index contributed by atoms with van der Waals surface area (Å²) in [4.78, 5) is 30.5. The maximum Gasteiger partial charge on any atom is 0.323 e. The molecule has 0 amide bonds. The van der Waals surface area contributed by atoms with Crippen LogP contribution in [0, 0.1) is 5.41 Å². The largest absolute Gasteiger partial charge is 0.480 e. The molecular formula is C11H13ClN2O4. The molecule has 0 aromatic carbocycles. The van der Waals surface area contributed by atoms with Gasteiger partial charge in [-0.05, 0) is 31.5 Å². The molecule has 0 aliphatic rings. The fourth-order valence-corrected chi connectivity index (χ4v) is 1.52. The molecule has 1 unspecified atom stereocenters. The molecule has 0 aliphatic heterocycles. The number of rotatable bonds is 5. The molecule has 6 nitrogen and oxygen atoms in total. The Hall–Kier alpha value is -1.69. The Labute approximate surface area is 109 Å². The first-order chi connectivity index (χ1) is 8.40. The molecule has 1 aromatic rings. The Morgan fingerprint density at radius 2 is 2.22 bits per heavy atom. The second kappa shape index (κ2) is 5.77. The number of hydrogen-bond acceptors (Lipinski definition) is 5. The minimum atomic E-state index is -1.69. The minimum Gasteiger partial charge on any atom is -0.480 e. The summed E-state index contributed by atoms with van der Waals surface area (Å²) in [5.41, 5.74) is -1.32. The first-order valence-corrected chi connectivity index (χ1v) is 5.66. The second-order valence-corrected chi connectivity index (χ2v) is 4.19. The van der Waals surface area contributed by atoms with Crippen molar-refractivity contribution in [3.8, 4) is 0 Å². The molecule has 7 heteroatoms. The van der Waals surface area contributed by atoms with Crippen molar-refractivity contribution in [1.29, 1.82) is 0 Å². The summed E-state index contributed by atoms with van der Waals surface area (Å²) in [5.74, 6) is -2.07. The summed E-state index contributed by atoms with van der Waals surface area (Å²) in [6, 6.07) is 1.51. The Morgan fingerprint density at radius 1 is 1.56 bits per heavy atom. The van der Waals surface area contributed by atoms with Crippen LogP contribution < -0.4 is 0 Å². The highest BCUT2D eigenvalue weighted by Crippen LogP contribution is 2.24. The molecule has 0 spiro atoms. The molecule has 18 heavy (non-hydrogen) atoms. The van der Waals surface area contributed by atoms with Crippen LogP contribution in [0.4, 0.5) is 0 Å². The smallest absolute Gasteiger partial charge is 0.323 e. The maximum absolute atomic E-state index is 11.7. The van der Waals surface area contributed by atoms with Gasteiger partial charge in [0.2, 0.25) is 5.28 Å². The summed E-state index contributed by atoms with van der Waals surface area (Å²) in [5, 5.41) is 9.19. The fraction of sp³-hybridized carbons (Fsp3) is 0.455. The second-order valence-electron chi connectivity index (χ2n) is 3.85. The van der Waals surface area contributed by atoms with Crippen LogP contribution in [0.15, 0.2) is 12.3 Å². The van der Waals surface area contributed by atoms with Gasteiger partial charge in [0.25, 0.3) is 0 Å². The molecule has 1 heterocycles. The van der Waals surface area contributed by atoms with Gasteiger partial charge in [-0.1, -0.05) is 0 Å². The molecule has 1 rings (SSSR count). The topological polar surface area (TPSA) is 89.4 Å². The lowest BCUT2D eigenvalue weighted by Crippen LogP contribution is -2.40. The quantitative estimate of drug-likeness (QED) is 0.494. The Kier molecular flexibility index (Phi) is 4.61. The van der Waals surface area contributed by atoms with E-state index in [1.165, 1.54) is 19.2 Å². The zero-order chi connectivity index (χ0) is 13.8. The van der Waals surface area contributed by atoms with Gasteiger partial charge in [0, 0.05) is 18.3 Å². The van der Waals surface area contributed by atoms with E-state index >= 15 is 0 Å². The van der Waals surface area contributed by atoms with Crippen LogP contribution in [0.1, 0.15) is 19.5 Å². The molecule has 0 radical (unpaired) electrons. The van der Waals surface area contributed by atoms with Gasteiger partial charge in [0.15, 0.2) is 5.41 Å². The van der Waals surface area contributed by atoms with Crippen LogP contribution in [0.25, 0.3) is 0 Å². The molecular weight excluding hydrogens is 260 g/mol. The SMILES string of the molecule is CCOC(=O)C(C)(Cc1ccnc(Cl)n1)C(=O)O. The van der Waals surface area contributed by atoms with Crippen molar-refractivity contribution in [3.63, 3.8) is 0 Å². The summed E-state index contributed by atoms with van der Waals surface area (Å²) < 4.78 is 4.77. The van der Waals surface area contributed by atoms with Gasteiger partial charge in [0.05, 0.1) is 6.61 Å². The van der Waals surface area contributed by atoms with Gasteiger partial charge in [-0.3, -0.25) is 9.59 Å². The van der Waals surface area contributed by atoms with E-state index in [-0.39, 0.29) is 18.3 Å². The van der Waals surface area contributed by atoms with Crippen molar-refractivity contribution in [2.45, 2.75) is 20.3 Å². The summed E-state index contributed by atoms with van der Waals surface area (Å²) in [6.45, 7) is 3.03. The molecule has 1 N–H and O–H groups in total. The van der Waals surface area contributed by atoms with Crippen LogP contribution in [0.5, 0.6) is 0 Å². The van der Waals surface area contributed by atoms with Crippen molar-refractivity contribution in [2.75, 3.05) is 6.61 Å². The molecule has 1 atom stereocenters. The third kappa shape index (κ3) is 3.16. The number of aromatic nitrogens is 2. The van der Waals surface area contributed by atoms with Gasteiger partial charge in [0.1, 0.15) is 0 Å². The highest BCUT2D eigenvalue weighted by Gasteiger charge is 2.43. The van der Waals surface area contributed by atoms with Crippen LogP contribution in [0.3, 0.4) is 0 Å². The normalized spacial score (nSPS) is 13.7. The number of ether oxygens (including phenoxy) is 1. The van der Waals surface area contributed by atoms with Gasteiger partial charge >= 0.3 is 11.9 Å². The van der Waals surface area contributed by atoms with E-state index in [2.05, 4.69) is 9.97 Å². The molecule has 0 saturated heterocycles. The monoisotopic (exact) mass is 272 g/mol. The number of carboxylic acid groups (broad SMARTS) is 1. The highest BCUT2D eigenvalue weighted by atomic mass is 35.5. The van der Waals surface area contributed by atoms with Crippen LogP contribution in [0.2, 0.25) is 5.28 Å². The molecule has 98 valence electrons. The van der Waals surface area contributed by atoms with Crippen LogP contribution in [-0.2, 0) is 20.7 Å². The molecule has 0 bridgehead atoms. The predicted molar refractivity (Wildman–Crippen MR) is 63.1 cm³/mol. The molecule has 0 aliphatic carbocycles. The van der Waals surface area contributed by atoms with Crippen LogP contribution >= 0.6 is 11.6 Å². The number of carboxylic acids is 1. The predicted octanol–water partition coefficient (Wildman–Crippen LogP) is 1.33. The van der Waals surface area contributed by atoms with Crippen molar-refractivity contribution in [2.24, 2.45) is 5.41 Å². The Bertz CT molecular complexity index is 466. The number of nitrogens with zero attached hydrogens (tertiary/aromatic N) is 2. The molecule has 1 aromatic heterocycles. The lowest BCUT2D eigenvalue weighted by Gasteiger charge is -2.21. The zero-order valence-electron chi connectivity index (χ0n) is 10.0. The fourth-order valence-electron chi connectivity index (χ4n) is 1.36. The van der Waals surface area contributed by atoms with Crippen LogP contribution in [-0.4, -0.2) is 33.6 Å². The van der Waals surface area contributed by atoms with Crippen molar-refractivity contribution in [1.82, 2.24) is 9.97 Å². The standard InChI is InChI=1S/C11H13ClN2O4/c1-3-18-9(17)11(2,8(15)16)6-7-4-5-13-10(12)14-7/h4-5H,3,6H2,1-2H3,(H,15,16). The number of aliphatic carboxylic acids is 1. The Morgan fingerprint density at radius 3 is 2.72 bits per heavy atom. The van der Waals surface area contributed by atoms with Gasteiger partial charge in [-0.2, -0.15) is 0 Å². The lowest BCUT2D eigenvalue weighted by atomic mass is 9.85. The molecule has 0 saturated carbocycles. The third-order valence-electron chi connectivity index (χ3n) is 2.42. The number of carbonyl (C=O) groups excluding carboxylic acids is 1. The van der Waals surface area contributed by atoms with Gasteiger partial charge < -0.3 is 9.84 Å². The van der Waals surface area contributed by atoms with E-state index < -0.39 is 17.4 Å². The molecule has 0 fully saturated rings. The average molecular weight is 273 g/mol. The number of esters is 1. The van der Waals surface area contributed by atoms with E-state index in [0.29, 0.717) is 5.69 Å². The average Bonchev–Trinajstić information content (AvgIpc) is 2.28. The summed E-state index contributed by atoms with van der Waals surface area (Å²) in [6.07, 6.45) is 1.29. The van der Waals surface area contributed by atoms with E-state index in [1.54, 1.807) is 6.92 Å². The first-order valence-electron chi connectivity index (χ1n) is 5.28. The van der Waals surface area contributed by atoms with Gasteiger partial charge in [-0.15, -0.1) is 0 Å². The highest BCUT2D eigenvalue weighted by molar-refractivity contribution is 6.28. The third-order valence-corrected chi connectivity index (χ3v) is 2.60. The van der Waals surface area contributed by atoms with Crippen molar-refractivity contribution < 1.29 is 19.4 Å². The first kappa shape index (κ1) is 14.4. The minimum absolute atomic E-state index is 0.00379. The van der Waals surface area contributed by atoms with Crippen molar-refractivity contribution in [3.05, 3.63) is 23.2 Å². The van der Waals surface area contributed by atoms with E-state index in [1.807, 2.05) is 0 Å². The zero-order valence-corrected chi connectivity index (χ0v) is 10.8. The number of hydrogen-bond donors (Lipinski definition) is 1. The van der Waals surface area contributed by atoms with Crippen molar-refractivity contribution >= 4 is 23.5 Å². The number of halogens is 1. The number of carbonyl (C=O) groups is 2. The maximum atomic E-state index is 11.7. The van der Waals surface area contributed by atoms with E-state index in [0.717, 1.165) is 0 Å². The summed E-state index contributed by atoms with van der Waals surface area (Å²) in [7, 11) is 0. The Balaban J connectivity index is 3.00. The van der Waals surface area contributed by atoms with E-state index in [4.69, 9.17) is 16.3 Å². The van der Waals surface area contributed by atoms with Gasteiger partial charge in [-0.25, -0.2) is 9.97 Å². The lowest BCUT2D eigenvalue weighted by molar-refractivity contribution is -0.167.